The SMILES string of the molecule is CCCCCC(OC)c1cccc(C(=O)CF)c1. The Morgan fingerprint density at radius 1 is 1.39 bits per heavy atom. The van der Waals surface area contributed by atoms with E-state index in [1.165, 1.54) is 6.42 Å². The van der Waals surface area contributed by atoms with Gasteiger partial charge in [-0.1, -0.05) is 44.4 Å². The normalized spacial score (nSPS) is 12.4. The van der Waals surface area contributed by atoms with E-state index >= 15 is 0 Å². The topological polar surface area (TPSA) is 26.3 Å². The minimum Gasteiger partial charge on any atom is -0.377 e. The van der Waals surface area contributed by atoms with Gasteiger partial charge in [-0.05, 0) is 18.1 Å². The number of carbonyl (C=O) groups excluding carboxylic acids is 1. The maximum absolute atomic E-state index is 12.4. The number of methoxy groups -OCH3 is 1. The highest BCUT2D eigenvalue weighted by atomic mass is 19.1. The lowest BCUT2D eigenvalue weighted by molar-refractivity contribution is 0.0923. The van der Waals surface area contributed by atoms with Crippen LogP contribution in [0.4, 0.5) is 4.39 Å². The van der Waals surface area contributed by atoms with Crippen molar-refractivity contribution in [2.45, 2.75) is 38.7 Å². The fourth-order valence-corrected chi connectivity index (χ4v) is 1.99. The van der Waals surface area contributed by atoms with Crippen LogP contribution >= 0.6 is 0 Å². The van der Waals surface area contributed by atoms with Gasteiger partial charge < -0.3 is 4.74 Å². The number of hydrogen-bond acceptors (Lipinski definition) is 2. The summed E-state index contributed by atoms with van der Waals surface area (Å²) in [5.74, 6) is -0.472. The van der Waals surface area contributed by atoms with Crippen LogP contribution in [-0.4, -0.2) is 19.6 Å². The van der Waals surface area contributed by atoms with Gasteiger partial charge in [0.25, 0.3) is 0 Å². The molecular formula is C15H21FO2. The number of ether oxygens (including phenoxy) is 1. The molecule has 0 fully saturated rings. The lowest BCUT2D eigenvalue weighted by Crippen LogP contribution is -2.05. The molecule has 1 aromatic carbocycles. The molecule has 100 valence electrons. The lowest BCUT2D eigenvalue weighted by Gasteiger charge is -2.16. The van der Waals surface area contributed by atoms with Crippen LogP contribution in [0.25, 0.3) is 0 Å². The maximum atomic E-state index is 12.4. The van der Waals surface area contributed by atoms with Crippen molar-refractivity contribution in [1.82, 2.24) is 0 Å². The van der Waals surface area contributed by atoms with Gasteiger partial charge in [0.15, 0.2) is 12.5 Å². The average Bonchev–Trinajstić information content (AvgIpc) is 2.43. The minimum absolute atomic E-state index is 0.0103. The van der Waals surface area contributed by atoms with Gasteiger partial charge in [0.1, 0.15) is 0 Å². The molecule has 1 atom stereocenters. The number of rotatable bonds is 8. The van der Waals surface area contributed by atoms with E-state index in [1.54, 1.807) is 25.3 Å². The molecule has 0 aromatic heterocycles. The van der Waals surface area contributed by atoms with Crippen molar-refractivity contribution in [3.8, 4) is 0 Å². The van der Waals surface area contributed by atoms with Crippen molar-refractivity contribution < 1.29 is 13.9 Å². The van der Waals surface area contributed by atoms with Crippen LogP contribution < -0.4 is 0 Å². The van der Waals surface area contributed by atoms with Gasteiger partial charge in [0, 0.05) is 12.7 Å². The molecule has 0 spiro atoms. The summed E-state index contributed by atoms with van der Waals surface area (Å²) in [5.41, 5.74) is 1.38. The Labute approximate surface area is 108 Å². The molecule has 3 heteroatoms. The predicted octanol–water partition coefficient (Wildman–Crippen LogP) is 4.11. The third-order valence-corrected chi connectivity index (χ3v) is 3.06. The molecule has 1 unspecified atom stereocenters. The number of carbonyl (C=O) groups is 1. The second-order valence-corrected chi connectivity index (χ2v) is 4.40. The van der Waals surface area contributed by atoms with Crippen LogP contribution in [0.1, 0.15) is 54.6 Å². The summed E-state index contributed by atoms with van der Waals surface area (Å²) in [6.07, 6.45) is 4.34. The second kappa shape index (κ2) is 7.98. The highest BCUT2D eigenvalue weighted by molar-refractivity contribution is 5.97. The number of unbranched alkanes of at least 4 members (excludes halogenated alkanes) is 2. The molecule has 0 heterocycles. The van der Waals surface area contributed by atoms with Crippen molar-refractivity contribution in [2.24, 2.45) is 0 Å². The van der Waals surface area contributed by atoms with Gasteiger partial charge in [0.05, 0.1) is 6.10 Å². The van der Waals surface area contributed by atoms with Crippen molar-refractivity contribution in [3.63, 3.8) is 0 Å². The second-order valence-electron chi connectivity index (χ2n) is 4.40. The van der Waals surface area contributed by atoms with Crippen LogP contribution in [0.3, 0.4) is 0 Å². The van der Waals surface area contributed by atoms with Crippen LogP contribution in [0, 0.1) is 0 Å². The zero-order chi connectivity index (χ0) is 13.4. The van der Waals surface area contributed by atoms with Crippen LogP contribution in [-0.2, 0) is 4.74 Å². The molecule has 0 N–H and O–H groups in total. The largest absolute Gasteiger partial charge is 0.377 e. The summed E-state index contributed by atoms with van der Waals surface area (Å²) in [5, 5.41) is 0. The molecule has 2 nitrogen and oxygen atoms in total. The molecule has 1 aromatic rings. The molecule has 0 aliphatic heterocycles. The number of Topliss-reactive ketones (excluding diaryl/α,β-unsaturated/α-hetero) is 1. The summed E-state index contributed by atoms with van der Waals surface area (Å²) in [4.78, 5) is 11.3. The third kappa shape index (κ3) is 4.22. The summed E-state index contributed by atoms with van der Waals surface area (Å²) in [6.45, 7) is 1.21. The molecule has 0 saturated heterocycles. The molecular weight excluding hydrogens is 231 g/mol. The van der Waals surface area contributed by atoms with Crippen molar-refractivity contribution in [3.05, 3.63) is 35.4 Å². The molecule has 0 radical (unpaired) electrons. The molecule has 0 aliphatic rings. The number of ketones is 1. The summed E-state index contributed by atoms with van der Waals surface area (Å²) >= 11 is 0. The maximum Gasteiger partial charge on any atom is 0.193 e. The first-order chi connectivity index (χ1) is 8.72. The minimum atomic E-state index is -0.947. The van der Waals surface area contributed by atoms with Crippen molar-refractivity contribution in [2.75, 3.05) is 13.8 Å². The fourth-order valence-electron chi connectivity index (χ4n) is 1.99. The summed E-state index contributed by atoms with van der Waals surface area (Å²) in [6, 6.07) is 7.09. The van der Waals surface area contributed by atoms with Gasteiger partial charge in [0.2, 0.25) is 0 Å². The smallest absolute Gasteiger partial charge is 0.193 e. The molecule has 1 rings (SSSR count). The van der Waals surface area contributed by atoms with Crippen LogP contribution in [0.5, 0.6) is 0 Å². The molecule has 0 amide bonds. The van der Waals surface area contributed by atoms with E-state index in [4.69, 9.17) is 4.74 Å². The Balaban J connectivity index is 2.76. The van der Waals surface area contributed by atoms with E-state index in [0.29, 0.717) is 5.56 Å². The molecule has 18 heavy (non-hydrogen) atoms. The first-order valence-electron chi connectivity index (χ1n) is 6.44. The molecule has 0 aliphatic carbocycles. The van der Waals surface area contributed by atoms with Crippen LogP contribution in [0.15, 0.2) is 24.3 Å². The fraction of sp³-hybridized carbons (Fsp3) is 0.533. The summed E-state index contributed by atoms with van der Waals surface area (Å²) in [7, 11) is 1.67. The van der Waals surface area contributed by atoms with Crippen LogP contribution in [0.2, 0.25) is 0 Å². The highest BCUT2D eigenvalue weighted by Gasteiger charge is 2.12. The van der Waals surface area contributed by atoms with Gasteiger partial charge in [-0.25, -0.2) is 4.39 Å². The molecule has 0 bridgehead atoms. The Hall–Kier alpha value is -1.22. The monoisotopic (exact) mass is 252 g/mol. The Morgan fingerprint density at radius 3 is 2.78 bits per heavy atom. The highest BCUT2D eigenvalue weighted by Crippen LogP contribution is 2.24. The lowest BCUT2D eigenvalue weighted by atomic mass is 10.00. The number of alkyl halides is 1. The van der Waals surface area contributed by atoms with Gasteiger partial charge in [-0.15, -0.1) is 0 Å². The Kier molecular flexibility index (Phi) is 6.58. The van der Waals surface area contributed by atoms with Gasteiger partial charge in [-0.3, -0.25) is 4.79 Å². The zero-order valence-corrected chi connectivity index (χ0v) is 11.1. The quantitative estimate of drug-likeness (QED) is 0.514. The third-order valence-electron chi connectivity index (χ3n) is 3.06. The molecule has 0 saturated carbocycles. The first kappa shape index (κ1) is 14.8. The zero-order valence-electron chi connectivity index (χ0n) is 11.1. The standard InChI is InChI=1S/C15H21FO2/c1-3-4-5-9-15(18-2)13-8-6-7-12(10-13)14(17)11-16/h6-8,10,15H,3-5,9,11H2,1-2H3. The number of halogens is 1. The van der Waals surface area contributed by atoms with E-state index in [0.717, 1.165) is 24.8 Å². The van der Waals surface area contributed by atoms with Gasteiger partial charge in [-0.2, -0.15) is 0 Å². The number of hydrogen-bond donors (Lipinski definition) is 0. The average molecular weight is 252 g/mol. The number of benzene rings is 1. The predicted molar refractivity (Wildman–Crippen MR) is 70.6 cm³/mol. The Bertz CT molecular complexity index is 377. The summed E-state index contributed by atoms with van der Waals surface area (Å²) < 4.78 is 17.8. The van der Waals surface area contributed by atoms with E-state index in [-0.39, 0.29) is 6.10 Å². The van der Waals surface area contributed by atoms with Gasteiger partial charge >= 0.3 is 0 Å². The first-order valence-corrected chi connectivity index (χ1v) is 6.44. The Morgan fingerprint density at radius 2 is 2.17 bits per heavy atom. The van der Waals surface area contributed by atoms with Crippen molar-refractivity contribution in [1.29, 1.82) is 0 Å². The van der Waals surface area contributed by atoms with E-state index < -0.39 is 12.5 Å². The van der Waals surface area contributed by atoms with E-state index in [1.807, 2.05) is 6.07 Å². The van der Waals surface area contributed by atoms with E-state index in [9.17, 15) is 9.18 Å². The van der Waals surface area contributed by atoms with Crippen molar-refractivity contribution >= 4 is 5.78 Å². The van der Waals surface area contributed by atoms with E-state index in [2.05, 4.69) is 6.92 Å².